The average Bonchev–Trinajstić information content (AvgIpc) is 2.82. The highest BCUT2D eigenvalue weighted by Gasteiger charge is 2.27. The summed E-state index contributed by atoms with van der Waals surface area (Å²) in [6, 6.07) is 5.86. The number of morpholine rings is 1. The first-order valence-corrected chi connectivity index (χ1v) is 6.94. The van der Waals surface area contributed by atoms with Crippen molar-refractivity contribution in [1.29, 1.82) is 0 Å². The van der Waals surface area contributed by atoms with E-state index in [1.54, 1.807) is 0 Å². The second-order valence-corrected chi connectivity index (χ2v) is 5.49. The lowest BCUT2D eigenvalue weighted by Gasteiger charge is -2.34. The Morgan fingerprint density at radius 2 is 2.00 bits per heavy atom. The lowest BCUT2D eigenvalue weighted by molar-refractivity contribution is -0.0587. The van der Waals surface area contributed by atoms with Crippen LogP contribution in [0, 0.1) is 6.92 Å². The molecule has 2 aromatic heterocycles. The number of aromatic nitrogens is 2. The summed E-state index contributed by atoms with van der Waals surface area (Å²) in [6.07, 6.45) is 1.96. The van der Waals surface area contributed by atoms with E-state index in [9.17, 15) is 4.79 Å². The van der Waals surface area contributed by atoms with Crippen molar-refractivity contribution in [2.45, 2.75) is 33.0 Å². The zero-order chi connectivity index (χ0) is 14.3. The lowest BCUT2D eigenvalue weighted by Crippen LogP contribution is -2.48. The molecule has 1 aliphatic rings. The van der Waals surface area contributed by atoms with Gasteiger partial charge in [-0.3, -0.25) is 4.79 Å². The van der Waals surface area contributed by atoms with Gasteiger partial charge < -0.3 is 14.0 Å². The van der Waals surface area contributed by atoms with Crippen LogP contribution in [0.25, 0.3) is 5.65 Å². The number of hydrogen-bond acceptors (Lipinski definition) is 3. The van der Waals surface area contributed by atoms with E-state index in [0.29, 0.717) is 18.8 Å². The van der Waals surface area contributed by atoms with Crippen LogP contribution in [0.4, 0.5) is 0 Å². The Morgan fingerprint density at radius 1 is 1.30 bits per heavy atom. The topological polar surface area (TPSA) is 46.8 Å². The Balaban J connectivity index is 1.90. The maximum absolute atomic E-state index is 12.6. The number of imidazole rings is 1. The van der Waals surface area contributed by atoms with E-state index in [4.69, 9.17) is 4.74 Å². The number of pyridine rings is 1. The minimum absolute atomic E-state index is 0.0184. The zero-order valence-corrected chi connectivity index (χ0v) is 12.0. The SMILES string of the molecule is Cc1cccc2nc(C(=O)N3CC(C)OC(C)C3)cn12. The zero-order valence-electron chi connectivity index (χ0n) is 12.0. The third kappa shape index (κ3) is 2.29. The van der Waals surface area contributed by atoms with Gasteiger partial charge in [0.25, 0.3) is 5.91 Å². The summed E-state index contributed by atoms with van der Waals surface area (Å²) in [5, 5.41) is 0. The molecule has 5 heteroatoms. The van der Waals surface area contributed by atoms with E-state index < -0.39 is 0 Å². The first kappa shape index (κ1) is 13.1. The third-order valence-corrected chi connectivity index (χ3v) is 3.62. The fourth-order valence-corrected chi connectivity index (χ4v) is 2.76. The van der Waals surface area contributed by atoms with Gasteiger partial charge in [0.2, 0.25) is 0 Å². The van der Waals surface area contributed by atoms with E-state index in [1.165, 1.54) is 0 Å². The maximum Gasteiger partial charge on any atom is 0.274 e. The molecule has 1 amide bonds. The van der Waals surface area contributed by atoms with Crippen molar-refractivity contribution in [2.75, 3.05) is 13.1 Å². The number of fused-ring (bicyclic) bond motifs is 1. The predicted molar refractivity (Wildman–Crippen MR) is 75.8 cm³/mol. The molecular weight excluding hydrogens is 254 g/mol. The molecule has 1 fully saturated rings. The second-order valence-electron chi connectivity index (χ2n) is 5.49. The minimum atomic E-state index is -0.0184. The first-order chi connectivity index (χ1) is 9.54. The van der Waals surface area contributed by atoms with Crippen LogP contribution < -0.4 is 0 Å². The molecule has 0 saturated carbocycles. The Bertz CT molecular complexity index is 640. The van der Waals surface area contributed by atoms with Crippen molar-refractivity contribution >= 4 is 11.6 Å². The molecule has 20 heavy (non-hydrogen) atoms. The fourth-order valence-electron chi connectivity index (χ4n) is 2.76. The number of aryl methyl sites for hydroxylation is 1. The fraction of sp³-hybridized carbons (Fsp3) is 0.467. The molecule has 0 spiro atoms. The lowest BCUT2D eigenvalue weighted by atomic mass is 10.2. The molecule has 5 nitrogen and oxygen atoms in total. The molecule has 106 valence electrons. The van der Waals surface area contributed by atoms with Gasteiger partial charge in [-0.15, -0.1) is 0 Å². The first-order valence-electron chi connectivity index (χ1n) is 6.94. The molecule has 1 saturated heterocycles. The van der Waals surface area contributed by atoms with Crippen LogP contribution in [0.5, 0.6) is 0 Å². The summed E-state index contributed by atoms with van der Waals surface area (Å²) in [5.41, 5.74) is 2.38. The smallest absolute Gasteiger partial charge is 0.274 e. The molecule has 0 bridgehead atoms. The van der Waals surface area contributed by atoms with Gasteiger partial charge in [-0.2, -0.15) is 0 Å². The van der Waals surface area contributed by atoms with Gasteiger partial charge in [0, 0.05) is 25.0 Å². The number of carbonyl (C=O) groups excluding carboxylic acids is 1. The predicted octanol–water partition coefficient (Wildman–Crippen LogP) is 1.89. The van der Waals surface area contributed by atoms with Crippen molar-refractivity contribution in [2.24, 2.45) is 0 Å². The number of rotatable bonds is 1. The van der Waals surface area contributed by atoms with Gasteiger partial charge >= 0.3 is 0 Å². The highest BCUT2D eigenvalue weighted by Crippen LogP contribution is 2.15. The molecule has 0 aliphatic carbocycles. The number of carbonyl (C=O) groups is 1. The monoisotopic (exact) mass is 273 g/mol. The summed E-state index contributed by atoms with van der Waals surface area (Å²) >= 11 is 0. The van der Waals surface area contributed by atoms with Gasteiger partial charge in [0.1, 0.15) is 11.3 Å². The van der Waals surface area contributed by atoms with E-state index in [1.807, 2.05) is 54.5 Å². The summed E-state index contributed by atoms with van der Waals surface area (Å²) in [4.78, 5) is 18.8. The molecule has 3 rings (SSSR count). The van der Waals surface area contributed by atoms with Crippen LogP contribution in [0.1, 0.15) is 30.0 Å². The molecular formula is C15H19N3O2. The Kier molecular flexibility index (Phi) is 3.22. The molecule has 2 aromatic rings. The molecule has 0 aromatic carbocycles. The largest absolute Gasteiger partial charge is 0.372 e. The van der Waals surface area contributed by atoms with Crippen LogP contribution in [-0.2, 0) is 4.74 Å². The molecule has 2 atom stereocenters. The summed E-state index contributed by atoms with van der Waals surface area (Å²) in [7, 11) is 0. The average molecular weight is 273 g/mol. The van der Waals surface area contributed by atoms with Gasteiger partial charge in [-0.1, -0.05) is 6.07 Å². The van der Waals surface area contributed by atoms with Gasteiger partial charge in [-0.05, 0) is 32.9 Å². The number of hydrogen-bond donors (Lipinski definition) is 0. The maximum atomic E-state index is 12.6. The quantitative estimate of drug-likeness (QED) is 0.797. The van der Waals surface area contributed by atoms with Crippen molar-refractivity contribution in [3.05, 3.63) is 35.8 Å². The highest BCUT2D eigenvalue weighted by atomic mass is 16.5. The standard InChI is InChI=1S/C15H19N3O2/c1-10-5-4-6-14-16-13(9-18(10)14)15(19)17-7-11(2)20-12(3)8-17/h4-6,9,11-12H,7-8H2,1-3H3. The van der Waals surface area contributed by atoms with E-state index in [-0.39, 0.29) is 18.1 Å². The number of amides is 1. The van der Waals surface area contributed by atoms with Crippen molar-refractivity contribution in [1.82, 2.24) is 14.3 Å². The van der Waals surface area contributed by atoms with Gasteiger partial charge in [0.05, 0.1) is 12.2 Å². The van der Waals surface area contributed by atoms with Crippen molar-refractivity contribution in [3.63, 3.8) is 0 Å². The van der Waals surface area contributed by atoms with E-state index in [0.717, 1.165) is 11.3 Å². The second kappa shape index (κ2) is 4.90. The van der Waals surface area contributed by atoms with Crippen LogP contribution in [-0.4, -0.2) is 45.5 Å². The Labute approximate surface area is 118 Å². The molecule has 0 radical (unpaired) electrons. The van der Waals surface area contributed by atoms with Crippen LogP contribution in [0.3, 0.4) is 0 Å². The third-order valence-electron chi connectivity index (χ3n) is 3.62. The minimum Gasteiger partial charge on any atom is -0.372 e. The number of nitrogens with zero attached hydrogens (tertiary/aromatic N) is 3. The molecule has 3 heterocycles. The highest BCUT2D eigenvalue weighted by molar-refractivity contribution is 5.93. The van der Waals surface area contributed by atoms with Crippen LogP contribution in [0.2, 0.25) is 0 Å². The van der Waals surface area contributed by atoms with Crippen molar-refractivity contribution < 1.29 is 9.53 Å². The van der Waals surface area contributed by atoms with Crippen LogP contribution in [0.15, 0.2) is 24.4 Å². The summed E-state index contributed by atoms with van der Waals surface area (Å²) in [6.45, 7) is 7.22. The molecule has 0 N–H and O–H groups in total. The van der Waals surface area contributed by atoms with Gasteiger partial charge in [-0.25, -0.2) is 4.98 Å². The summed E-state index contributed by atoms with van der Waals surface area (Å²) < 4.78 is 7.61. The van der Waals surface area contributed by atoms with Crippen molar-refractivity contribution in [3.8, 4) is 0 Å². The van der Waals surface area contributed by atoms with Crippen LogP contribution >= 0.6 is 0 Å². The van der Waals surface area contributed by atoms with E-state index >= 15 is 0 Å². The van der Waals surface area contributed by atoms with E-state index in [2.05, 4.69) is 4.98 Å². The summed E-state index contributed by atoms with van der Waals surface area (Å²) in [5.74, 6) is -0.0184. The molecule has 2 unspecified atom stereocenters. The number of ether oxygens (including phenoxy) is 1. The molecule has 1 aliphatic heterocycles. The Hall–Kier alpha value is -1.88. The van der Waals surface area contributed by atoms with Gasteiger partial charge in [0.15, 0.2) is 0 Å². The normalized spacial score (nSPS) is 23.2. The Morgan fingerprint density at radius 3 is 2.65 bits per heavy atom.